The smallest absolute Gasteiger partial charge is 0.187 e. The molecule has 0 spiro atoms. The third kappa shape index (κ3) is 3.38. The number of benzene rings is 2. The van der Waals surface area contributed by atoms with Gasteiger partial charge in [0.15, 0.2) is 15.5 Å². The van der Waals surface area contributed by atoms with Crippen LogP contribution in [0.3, 0.4) is 0 Å². The molecule has 2 aromatic rings. The van der Waals surface area contributed by atoms with Crippen LogP contribution >= 0.6 is 0 Å². The molecule has 0 aliphatic carbocycles. The summed E-state index contributed by atoms with van der Waals surface area (Å²) in [5.74, 6) is 0.217. The number of nitrogens with zero attached hydrogens (tertiary/aromatic N) is 1. The van der Waals surface area contributed by atoms with Gasteiger partial charge in [0.2, 0.25) is 0 Å². The molecule has 3 rings (SSSR count). The molecule has 0 N–H and O–H groups in total. The van der Waals surface area contributed by atoms with Crippen LogP contribution in [0.5, 0.6) is 0 Å². The van der Waals surface area contributed by atoms with Crippen LogP contribution in [0.2, 0.25) is 0 Å². The summed E-state index contributed by atoms with van der Waals surface area (Å²) >= 11 is 0. The van der Waals surface area contributed by atoms with Crippen molar-refractivity contribution in [3.63, 3.8) is 0 Å². The zero-order chi connectivity index (χ0) is 18.2. The Balaban J connectivity index is 2.03. The van der Waals surface area contributed by atoms with Crippen molar-refractivity contribution in [2.75, 3.05) is 5.75 Å². The number of hydrogen-bond donors (Lipinski definition) is 0. The molecule has 0 bridgehead atoms. The molecule has 1 heterocycles. The molecule has 25 heavy (non-hydrogen) atoms. The Morgan fingerprint density at radius 3 is 2.48 bits per heavy atom. The molecule has 0 amide bonds. The average molecular weight is 351 g/mol. The minimum Gasteiger partial charge on any atom is -0.238 e. The number of rotatable bonds is 2. The van der Waals surface area contributed by atoms with Gasteiger partial charge in [-0.1, -0.05) is 50.3 Å². The highest BCUT2D eigenvalue weighted by atomic mass is 32.2. The monoisotopic (exact) mass is 351 g/mol. The molecule has 128 valence electrons. The predicted molar refractivity (Wildman–Crippen MR) is 102 cm³/mol. The van der Waals surface area contributed by atoms with Gasteiger partial charge in [0.25, 0.3) is 0 Å². The van der Waals surface area contributed by atoms with E-state index in [1.54, 1.807) is 6.07 Å². The molecule has 0 fully saturated rings. The Bertz CT molecular complexity index is 991. The van der Waals surface area contributed by atoms with Gasteiger partial charge in [0.05, 0.1) is 17.2 Å². The standard InChI is InChI=1S/C21H21NO2S/c1-15(17-6-8-18(22-4)9-7-17)13-16-5-10-20-19(14-16)21(2,3)11-12-25(20,23)24/h5-10,13-14H,11-12H2,1-3H3/b15-13+. The summed E-state index contributed by atoms with van der Waals surface area (Å²) in [4.78, 5) is 3.88. The van der Waals surface area contributed by atoms with Crippen LogP contribution in [-0.4, -0.2) is 14.2 Å². The normalized spacial score (nSPS) is 18.2. The van der Waals surface area contributed by atoms with Crippen LogP contribution in [0.1, 0.15) is 43.9 Å². The Kier molecular flexibility index (Phi) is 4.30. The molecule has 0 radical (unpaired) electrons. The molecular weight excluding hydrogens is 330 g/mol. The molecule has 2 aromatic carbocycles. The van der Waals surface area contributed by atoms with E-state index in [9.17, 15) is 8.42 Å². The first kappa shape index (κ1) is 17.4. The molecule has 0 aromatic heterocycles. The van der Waals surface area contributed by atoms with Gasteiger partial charge < -0.3 is 0 Å². The molecular formula is C21H21NO2S. The highest BCUT2D eigenvalue weighted by Crippen LogP contribution is 2.39. The SMILES string of the molecule is [C-]#[N+]c1ccc(/C(C)=C/c2ccc3c(c2)C(C)(C)CCS3(=O)=O)cc1. The summed E-state index contributed by atoms with van der Waals surface area (Å²) < 4.78 is 24.7. The highest BCUT2D eigenvalue weighted by molar-refractivity contribution is 7.91. The lowest BCUT2D eigenvalue weighted by atomic mass is 9.81. The van der Waals surface area contributed by atoms with Crippen LogP contribution in [0.4, 0.5) is 5.69 Å². The summed E-state index contributed by atoms with van der Waals surface area (Å²) in [6, 6.07) is 13.1. The number of fused-ring (bicyclic) bond motifs is 1. The van der Waals surface area contributed by atoms with Gasteiger partial charge in [0.1, 0.15) is 0 Å². The first-order valence-corrected chi connectivity index (χ1v) is 9.92. The summed E-state index contributed by atoms with van der Waals surface area (Å²) in [6.07, 6.45) is 2.71. The fourth-order valence-corrected chi connectivity index (χ4v) is 5.15. The molecule has 1 aliphatic rings. The van der Waals surface area contributed by atoms with E-state index in [1.165, 1.54) is 0 Å². The second-order valence-electron chi connectivity index (χ2n) is 7.19. The zero-order valence-corrected chi connectivity index (χ0v) is 15.5. The summed E-state index contributed by atoms with van der Waals surface area (Å²) in [7, 11) is -3.17. The van der Waals surface area contributed by atoms with Gasteiger partial charge in [-0.05, 0) is 53.2 Å². The van der Waals surface area contributed by atoms with Crippen LogP contribution < -0.4 is 0 Å². The van der Waals surface area contributed by atoms with Crippen molar-refractivity contribution in [3.05, 3.63) is 70.6 Å². The van der Waals surface area contributed by atoms with Crippen LogP contribution in [-0.2, 0) is 15.3 Å². The summed E-state index contributed by atoms with van der Waals surface area (Å²) in [5.41, 5.74) is 4.51. The lowest BCUT2D eigenvalue weighted by Gasteiger charge is -2.32. The zero-order valence-electron chi connectivity index (χ0n) is 14.7. The van der Waals surface area contributed by atoms with Crippen LogP contribution in [0, 0.1) is 6.57 Å². The topological polar surface area (TPSA) is 38.5 Å². The van der Waals surface area contributed by atoms with E-state index in [2.05, 4.69) is 24.8 Å². The van der Waals surface area contributed by atoms with Crippen molar-refractivity contribution in [3.8, 4) is 0 Å². The Morgan fingerprint density at radius 1 is 1.16 bits per heavy atom. The van der Waals surface area contributed by atoms with Gasteiger partial charge in [-0.2, -0.15) is 0 Å². The van der Waals surface area contributed by atoms with Gasteiger partial charge in [-0.3, -0.25) is 0 Å². The average Bonchev–Trinajstić information content (AvgIpc) is 2.59. The molecule has 0 saturated carbocycles. The Morgan fingerprint density at radius 2 is 1.84 bits per heavy atom. The molecule has 0 unspecified atom stereocenters. The van der Waals surface area contributed by atoms with Crippen molar-refractivity contribution in [1.29, 1.82) is 0 Å². The first-order chi connectivity index (χ1) is 11.7. The lowest BCUT2D eigenvalue weighted by molar-refractivity contribution is 0.473. The van der Waals surface area contributed by atoms with E-state index >= 15 is 0 Å². The highest BCUT2D eigenvalue weighted by Gasteiger charge is 2.35. The first-order valence-electron chi connectivity index (χ1n) is 8.26. The minimum absolute atomic E-state index is 0.143. The van der Waals surface area contributed by atoms with E-state index < -0.39 is 9.84 Å². The van der Waals surface area contributed by atoms with E-state index in [4.69, 9.17) is 6.57 Å². The minimum atomic E-state index is -3.17. The molecule has 0 atom stereocenters. The van der Waals surface area contributed by atoms with Crippen molar-refractivity contribution < 1.29 is 8.42 Å². The fourth-order valence-electron chi connectivity index (χ4n) is 3.20. The van der Waals surface area contributed by atoms with E-state index in [-0.39, 0.29) is 11.2 Å². The predicted octanol–water partition coefficient (Wildman–Crippen LogP) is 5.25. The molecule has 1 aliphatic heterocycles. The van der Waals surface area contributed by atoms with Crippen molar-refractivity contribution in [2.24, 2.45) is 0 Å². The molecule has 4 heteroatoms. The van der Waals surface area contributed by atoms with Gasteiger partial charge in [-0.25, -0.2) is 13.3 Å². The number of hydrogen-bond acceptors (Lipinski definition) is 2. The maximum atomic E-state index is 12.3. The third-order valence-electron chi connectivity index (χ3n) is 4.90. The second-order valence-corrected chi connectivity index (χ2v) is 9.27. The quantitative estimate of drug-likeness (QED) is 0.547. The van der Waals surface area contributed by atoms with Crippen molar-refractivity contribution >= 4 is 27.2 Å². The van der Waals surface area contributed by atoms with Crippen molar-refractivity contribution in [2.45, 2.75) is 37.5 Å². The second kappa shape index (κ2) is 6.16. The van der Waals surface area contributed by atoms with E-state index in [1.807, 2.05) is 43.3 Å². The maximum absolute atomic E-state index is 12.3. The van der Waals surface area contributed by atoms with E-state index in [0.717, 1.165) is 22.3 Å². The van der Waals surface area contributed by atoms with E-state index in [0.29, 0.717) is 17.0 Å². The Hall–Kier alpha value is -2.38. The summed E-state index contributed by atoms with van der Waals surface area (Å²) in [6.45, 7) is 13.2. The largest absolute Gasteiger partial charge is 0.238 e. The Labute approximate surface area is 149 Å². The fraction of sp³-hybridized carbons (Fsp3) is 0.286. The number of allylic oxidation sites excluding steroid dienone is 1. The maximum Gasteiger partial charge on any atom is 0.187 e. The molecule has 3 nitrogen and oxygen atoms in total. The summed E-state index contributed by atoms with van der Waals surface area (Å²) in [5, 5.41) is 0. The van der Waals surface area contributed by atoms with Gasteiger partial charge in [-0.15, -0.1) is 0 Å². The van der Waals surface area contributed by atoms with Crippen LogP contribution in [0.15, 0.2) is 47.4 Å². The van der Waals surface area contributed by atoms with Gasteiger partial charge >= 0.3 is 0 Å². The van der Waals surface area contributed by atoms with Gasteiger partial charge in [0, 0.05) is 0 Å². The van der Waals surface area contributed by atoms with Crippen LogP contribution in [0.25, 0.3) is 16.5 Å². The lowest BCUT2D eigenvalue weighted by Crippen LogP contribution is -2.30. The van der Waals surface area contributed by atoms with Crippen molar-refractivity contribution in [1.82, 2.24) is 0 Å². The molecule has 0 saturated heterocycles. The number of sulfone groups is 1. The third-order valence-corrected chi connectivity index (χ3v) is 6.67.